The van der Waals surface area contributed by atoms with Crippen molar-refractivity contribution >= 4 is 35.4 Å². The third kappa shape index (κ3) is 6.94. The number of hydrogen-bond acceptors (Lipinski definition) is 8. The molecule has 0 radical (unpaired) electrons. The molecular formula is C20H23N3O5S. The number of carbonyl (C=O) groups excluding carboxylic acids is 2. The lowest BCUT2D eigenvalue weighted by molar-refractivity contribution is -0.139. The van der Waals surface area contributed by atoms with Gasteiger partial charge in [-0.15, -0.1) is 0 Å². The van der Waals surface area contributed by atoms with Crippen LogP contribution in [0.2, 0.25) is 0 Å². The van der Waals surface area contributed by atoms with E-state index in [4.69, 9.17) is 4.74 Å². The molecule has 1 saturated heterocycles. The van der Waals surface area contributed by atoms with Gasteiger partial charge in [0.1, 0.15) is 18.2 Å². The maximum absolute atomic E-state index is 12.1. The Morgan fingerprint density at radius 3 is 2.69 bits per heavy atom. The molecule has 0 unspecified atom stereocenters. The summed E-state index contributed by atoms with van der Waals surface area (Å²) in [7, 11) is 0. The van der Waals surface area contributed by atoms with Gasteiger partial charge in [-0.25, -0.2) is 4.79 Å². The molecule has 1 aromatic rings. The van der Waals surface area contributed by atoms with Gasteiger partial charge in [-0.1, -0.05) is 30.5 Å². The Hall–Kier alpha value is -2.80. The van der Waals surface area contributed by atoms with Crippen LogP contribution >= 0.6 is 11.8 Å². The molecule has 0 bridgehead atoms. The zero-order valence-electron chi connectivity index (χ0n) is 16.1. The number of benzene rings is 1. The second-order valence-corrected chi connectivity index (χ2v) is 7.80. The van der Waals surface area contributed by atoms with Gasteiger partial charge in [0.25, 0.3) is 5.91 Å². The Bertz CT molecular complexity index is 843. The summed E-state index contributed by atoms with van der Waals surface area (Å²) in [5, 5.41) is 29.5. The minimum Gasteiger partial charge on any atom is -0.460 e. The van der Waals surface area contributed by atoms with E-state index >= 15 is 0 Å². The zero-order chi connectivity index (χ0) is 21.4. The predicted molar refractivity (Wildman–Crippen MR) is 111 cm³/mol. The maximum Gasteiger partial charge on any atom is 0.333 e. The van der Waals surface area contributed by atoms with Crippen molar-refractivity contribution < 1.29 is 24.5 Å². The molecule has 8 nitrogen and oxygen atoms in total. The Labute approximate surface area is 173 Å². The summed E-state index contributed by atoms with van der Waals surface area (Å²) in [4.78, 5) is 25.2. The summed E-state index contributed by atoms with van der Waals surface area (Å²) >= 11 is 1.09. The number of rotatable bonds is 7. The van der Waals surface area contributed by atoms with Crippen LogP contribution in [0.25, 0.3) is 6.08 Å². The van der Waals surface area contributed by atoms with Crippen molar-refractivity contribution in [3.63, 3.8) is 0 Å². The summed E-state index contributed by atoms with van der Waals surface area (Å²) in [5.74, 6) is -0.515. The molecule has 0 aliphatic carbocycles. The number of carbonyl (C=O) groups is 2. The standard InChI is InChI=1S/C20H23N3O5S/c1-14(2)19(25)28-9-7-22-18(24)16(12-21)11-15-3-5-17(6-4-15)23-8-10-29-20(26,27)13-23/h3-6,11,26-27H,1,7-10,13H2,2H3,(H,22,24)/b16-11+. The summed E-state index contributed by atoms with van der Waals surface area (Å²) in [5.41, 5.74) is 1.66. The van der Waals surface area contributed by atoms with Crippen LogP contribution in [0.3, 0.4) is 0 Å². The van der Waals surface area contributed by atoms with Gasteiger partial charge in [-0.05, 0) is 30.7 Å². The number of thioether (sulfide) groups is 1. The van der Waals surface area contributed by atoms with Crippen LogP contribution < -0.4 is 10.2 Å². The highest BCUT2D eigenvalue weighted by atomic mass is 32.2. The Kier molecular flexibility index (Phi) is 7.84. The SMILES string of the molecule is C=C(C)C(=O)OCCNC(=O)/C(C#N)=C/c1ccc(N2CCSC(O)(O)C2)cc1. The zero-order valence-corrected chi connectivity index (χ0v) is 16.9. The molecule has 9 heteroatoms. The van der Waals surface area contributed by atoms with E-state index in [1.165, 1.54) is 13.0 Å². The third-order valence-corrected chi connectivity index (χ3v) is 4.97. The summed E-state index contributed by atoms with van der Waals surface area (Å²) in [6, 6.07) is 8.93. The van der Waals surface area contributed by atoms with Gasteiger partial charge in [0, 0.05) is 23.6 Å². The predicted octanol–water partition coefficient (Wildman–Crippen LogP) is 1.02. The highest BCUT2D eigenvalue weighted by Gasteiger charge is 2.31. The molecule has 1 fully saturated rings. The Morgan fingerprint density at radius 2 is 2.10 bits per heavy atom. The monoisotopic (exact) mass is 417 g/mol. The summed E-state index contributed by atoms with van der Waals surface area (Å²) in [6.07, 6.45) is 1.45. The highest BCUT2D eigenvalue weighted by Crippen LogP contribution is 2.29. The number of nitrogens with one attached hydrogen (secondary N) is 1. The Balaban J connectivity index is 1.94. The summed E-state index contributed by atoms with van der Waals surface area (Å²) in [6.45, 7) is 5.82. The number of esters is 1. The second-order valence-electron chi connectivity index (χ2n) is 6.45. The molecule has 1 aliphatic heterocycles. The molecule has 3 N–H and O–H groups in total. The molecule has 1 amide bonds. The van der Waals surface area contributed by atoms with Gasteiger partial charge in [0.2, 0.25) is 5.12 Å². The fraction of sp³-hybridized carbons (Fsp3) is 0.350. The highest BCUT2D eigenvalue weighted by molar-refractivity contribution is 8.00. The average molecular weight is 417 g/mol. The van der Waals surface area contributed by atoms with Gasteiger partial charge in [-0.2, -0.15) is 5.26 Å². The van der Waals surface area contributed by atoms with Gasteiger partial charge >= 0.3 is 5.97 Å². The lowest BCUT2D eigenvalue weighted by atomic mass is 10.1. The lowest BCUT2D eigenvalue weighted by Crippen LogP contribution is -2.46. The fourth-order valence-electron chi connectivity index (χ4n) is 2.54. The Morgan fingerprint density at radius 1 is 1.41 bits per heavy atom. The van der Waals surface area contributed by atoms with E-state index in [2.05, 4.69) is 11.9 Å². The number of nitrogens with zero attached hydrogens (tertiary/aromatic N) is 2. The molecule has 0 atom stereocenters. The number of ether oxygens (including phenoxy) is 1. The minimum absolute atomic E-state index is 0.0177. The first kappa shape index (κ1) is 22.5. The number of amides is 1. The topological polar surface area (TPSA) is 123 Å². The van der Waals surface area contributed by atoms with E-state index in [0.717, 1.165) is 17.4 Å². The largest absolute Gasteiger partial charge is 0.460 e. The molecule has 154 valence electrons. The van der Waals surface area contributed by atoms with E-state index in [1.54, 1.807) is 24.3 Å². The van der Waals surface area contributed by atoms with E-state index in [-0.39, 0.29) is 30.8 Å². The van der Waals surface area contributed by atoms with Crippen molar-refractivity contribution in [2.75, 3.05) is 36.9 Å². The molecule has 0 saturated carbocycles. The van der Waals surface area contributed by atoms with Crippen molar-refractivity contribution in [3.05, 3.63) is 47.6 Å². The van der Waals surface area contributed by atoms with Crippen LogP contribution in [0.4, 0.5) is 5.69 Å². The molecule has 29 heavy (non-hydrogen) atoms. The minimum atomic E-state index is -1.78. The molecular weight excluding hydrogens is 394 g/mol. The third-order valence-electron chi connectivity index (χ3n) is 3.99. The summed E-state index contributed by atoms with van der Waals surface area (Å²) < 4.78 is 4.87. The van der Waals surface area contributed by atoms with Crippen molar-refractivity contribution in [2.24, 2.45) is 0 Å². The fourth-order valence-corrected chi connectivity index (χ4v) is 3.42. The van der Waals surface area contributed by atoms with Gasteiger partial charge in [-0.3, -0.25) is 4.79 Å². The average Bonchev–Trinajstić information content (AvgIpc) is 2.68. The first-order chi connectivity index (χ1) is 13.7. The van der Waals surface area contributed by atoms with Gasteiger partial charge in [0.15, 0.2) is 0 Å². The van der Waals surface area contributed by atoms with Crippen molar-refractivity contribution in [1.29, 1.82) is 5.26 Å². The van der Waals surface area contributed by atoms with E-state index in [1.807, 2.05) is 11.0 Å². The first-order valence-corrected chi connectivity index (χ1v) is 9.87. The van der Waals surface area contributed by atoms with E-state index in [9.17, 15) is 25.1 Å². The number of β-amino-alcohol motifs (C(OH)–C–C–N with tert-alkyl or cyclic N) is 2. The van der Waals surface area contributed by atoms with Crippen LogP contribution in [0.5, 0.6) is 0 Å². The molecule has 1 heterocycles. The maximum atomic E-state index is 12.1. The number of aliphatic hydroxyl groups is 2. The van der Waals surface area contributed by atoms with Crippen LogP contribution in [-0.2, 0) is 14.3 Å². The normalized spacial score (nSPS) is 15.9. The number of hydrogen-bond donors (Lipinski definition) is 3. The first-order valence-electron chi connectivity index (χ1n) is 8.88. The molecule has 0 aromatic heterocycles. The van der Waals surface area contributed by atoms with E-state index in [0.29, 0.717) is 17.9 Å². The van der Waals surface area contributed by atoms with Crippen molar-refractivity contribution in [1.82, 2.24) is 5.32 Å². The molecule has 1 aliphatic rings. The van der Waals surface area contributed by atoms with E-state index < -0.39 is 17.0 Å². The smallest absolute Gasteiger partial charge is 0.333 e. The molecule has 1 aromatic carbocycles. The van der Waals surface area contributed by atoms with Gasteiger partial charge < -0.3 is 25.2 Å². The number of nitriles is 1. The molecule has 2 rings (SSSR count). The molecule has 0 spiro atoms. The van der Waals surface area contributed by atoms with Crippen LogP contribution in [0.1, 0.15) is 12.5 Å². The van der Waals surface area contributed by atoms with Gasteiger partial charge in [0.05, 0.1) is 13.1 Å². The van der Waals surface area contributed by atoms with Crippen LogP contribution in [0.15, 0.2) is 42.0 Å². The van der Waals surface area contributed by atoms with Crippen LogP contribution in [-0.4, -0.2) is 59.2 Å². The lowest BCUT2D eigenvalue weighted by Gasteiger charge is -2.36. The van der Waals surface area contributed by atoms with Crippen molar-refractivity contribution in [2.45, 2.75) is 12.0 Å². The second kappa shape index (κ2) is 10.1. The van der Waals surface area contributed by atoms with Crippen molar-refractivity contribution in [3.8, 4) is 6.07 Å². The number of anilines is 1. The quantitative estimate of drug-likeness (QED) is 0.198. The van der Waals surface area contributed by atoms with Crippen LogP contribution in [0, 0.1) is 11.3 Å².